The van der Waals surface area contributed by atoms with Crippen LogP contribution in [0.25, 0.3) is 0 Å². The smallest absolute Gasteiger partial charge is 0.191 e. The van der Waals surface area contributed by atoms with Crippen molar-refractivity contribution < 1.29 is 13.9 Å². The van der Waals surface area contributed by atoms with Gasteiger partial charge in [0.25, 0.3) is 0 Å². The van der Waals surface area contributed by atoms with Gasteiger partial charge in [0.15, 0.2) is 5.96 Å². The number of furan rings is 1. The molecule has 0 amide bonds. The highest BCUT2D eigenvalue weighted by atomic mass is 127. The quantitative estimate of drug-likeness (QED) is 0.227. The van der Waals surface area contributed by atoms with Gasteiger partial charge in [0.05, 0.1) is 6.26 Å². The number of nitrogens with one attached hydrogen (secondary N) is 2. The minimum atomic E-state index is 0. The van der Waals surface area contributed by atoms with E-state index in [2.05, 4.69) is 22.5 Å². The Kier molecular flexibility index (Phi) is 15.5. The lowest BCUT2D eigenvalue weighted by molar-refractivity contribution is 0.105. The van der Waals surface area contributed by atoms with Crippen LogP contribution in [0, 0.1) is 0 Å². The highest BCUT2D eigenvalue weighted by Crippen LogP contribution is 2.01. The number of hydrogen-bond acceptors (Lipinski definition) is 4. The summed E-state index contributed by atoms with van der Waals surface area (Å²) >= 11 is 0. The molecule has 1 aromatic rings. The van der Waals surface area contributed by atoms with Crippen LogP contribution in [-0.2, 0) is 16.1 Å². The molecular formula is C16H30IN3O3. The fourth-order valence-corrected chi connectivity index (χ4v) is 1.79. The topological polar surface area (TPSA) is 68.0 Å². The molecule has 0 atom stereocenters. The molecule has 0 saturated heterocycles. The summed E-state index contributed by atoms with van der Waals surface area (Å²) in [7, 11) is 0. The van der Waals surface area contributed by atoms with Crippen molar-refractivity contribution >= 4 is 29.9 Å². The molecule has 0 fully saturated rings. The molecule has 0 saturated carbocycles. The van der Waals surface area contributed by atoms with Crippen molar-refractivity contribution in [2.24, 2.45) is 4.99 Å². The Balaban J connectivity index is 0.00000484. The average molecular weight is 439 g/mol. The Hall–Kier alpha value is -0.800. The SMILES string of the molecule is CCNC(=NCCCOCc1ccco1)NCCCOCC.I. The molecule has 0 radical (unpaired) electrons. The normalized spacial score (nSPS) is 11.1. The largest absolute Gasteiger partial charge is 0.467 e. The number of hydrogen-bond donors (Lipinski definition) is 2. The minimum Gasteiger partial charge on any atom is -0.467 e. The van der Waals surface area contributed by atoms with Crippen LogP contribution in [0.2, 0.25) is 0 Å². The average Bonchev–Trinajstić information content (AvgIpc) is 3.03. The first-order valence-electron chi connectivity index (χ1n) is 8.06. The van der Waals surface area contributed by atoms with Gasteiger partial charge in [-0.25, -0.2) is 0 Å². The Morgan fingerprint density at radius 2 is 2.00 bits per heavy atom. The number of nitrogens with zero attached hydrogens (tertiary/aromatic N) is 1. The van der Waals surface area contributed by atoms with Crippen molar-refractivity contribution in [1.82, 2.24) is 10.6 Å². The van der Waals surface area contributed by atoms with E-state index >= 15 is 0 Å². The van der Waals surface area contributed by atoms with Gasteiger partial charge in [-0.2, -0.15) is 0 Å². The van der Waals surface area contributed by atoms with Crippen LogP contribution in [0.5, 0.6) is 0 Å². The summed E-state index contributed by atoms with van der Waals surface area (Å²) in [5.74, 6) is 1.71. The fourth-order valence-electron chi connectivity index (χ4n) is 1.79. The van der Waals surface area contributed by atoms with Crippen LogP contribution < -0.4 is 10.6 Å². The van der Waals surface area contributed by atoms with Crippen LogP contribution in [0.3, 0.4) is 0 Å². The zero-order valence-electron chi connectivity index (χ0n) is 14.2. The molecule has 2 N–H and O–H groups in total. The highest BCUT2D eigenvalue weighted by Gasteiger charge is 1.97. The lowest BCUT2D eigenvalue weighted by Gasteiger charge is -2.11. The maximum Gasteiger partial charge on any atom is 0.191 e. The molecule has 23 heavy (non-hydrogen) atoms. The van der Waals surface area contributed by atoms with Gasteiger partial charge in [0, 0.05) is 39.5 Å². The molecule has 1 rings (SSSR count). The summed E-state index contributed by atoms with van der Waals surface area (Å²) in [4.78, 5) is 4.52. The summed E-state index contributed by atoms with van der Waals surface area (Å²) in [6.07, 6.45) is 3.52. The van der Waals surface area contributed by atoms with E-state index in [-0.39, 0.29) is 24.0 Å². The summed E-state index contributed by atoms with van der Waals surface area (Å²) < 4.78 is 16.0. The van der Waals surface area contributed by atoms with E-state index < -0.39 is 0 Å². The number of aliphatic imine (C=N–C) groups is 1. The molecule has 0 spiro atoms. The van der Waals surface area contributed by atoms with E-state index in [0.717, 1.165) is 57.4 Å². The van der Waals surface area contributed by atoms with Gasteiger partial charge < -0.3 is 24.5 Å². The van der Waals surface area contributed by atoms with Gasteiger partial charge in [0.1, 0.15) is 12.4 Å². The number of guanidine groups is 1. The molecule has 0 aliphatic carbocycles. The van der Waals surface area contributed by atoms with E-state index in [1.807, 2.05) is 19.1 Å². The molecule has 134 valence electrons. The Labute approximate surface area is 156 Å². The van der Waals surface area contributed by atoms with Gasteiger partial charge in [0.2, 0.25) is 0 Å². The standard InChI is InChI=1S/C16H29N3O3.HI/c1-3-17-16(18-9-6-11-20-4-2)19-10-7-12-21-14-15-8-5-13-22-15;/h5,8,13H,3-4,6-7,9-12,14H2,1-2H3,(H2,17,18,19);1H. The van der Waals surface area contributed by atoms with Crippen LogP contribution >= 0.6 is 24.0 Å². The van der Waals surface area contributed by atoms with E-state index in [0.29, 0.717) is 13.2 Å². The van der Waals surface area contributed by atoms with Gasteiger partial charge in [-0.15, -0.1) is 24.0 Å². The lowest BCUT2D eigenvalue weighted by atomic mass is 10.4. The molecule has 0 aliphatic rings. The van der Waals surface area contributed by atoms with Crippen molar-refractivity contribution in [3.63, 3.8) is 0 Å². The fraction of sp³-hybridized carbons (Fsp3) is 0.688. The van der Waals surface area contributed by atoms with Crippen LogP contribution in [0.1, 0.15) is 32.4 Å². The summed E-state index contributed by atoms with van der Waals surface area (Å²) in [5, 5.41) is 6.52. The van der Waals surface area contributed by atoms with Crippen molar-refractivity contribution in [2.75, 3.05) is 39.5 Å². The molecule has 0 aliphatic heterocycles. The van der Waals surface area contributed by atoms with Crippen LogP contribution in [0.15, 0.2) is 27.8 Å². The Morgan fingerprint density at radius 1 is 1.17 bits per heavy atom. The van der Waals surface area contributed by atoms with Gasteiger partial charge in [-0.05, 0) is 38.8 Å². The Morgan fingerprint density at radius 3 is 2.70 bits per heavy atom. The van der Waals surface area contributed by atoms with Crippen molar-refractivity contribution in [3.05, 3.63) is 24.2 Å². The molecule has 7 heteroatoms. The monoisotopic (exact) mass is 439 g/mol. The van der Waals surface area contributed by atoms with Crippen molar-refractivity contribution in [2.45, 2.75) is 33.3 Å². The molecule has 1 heterocycles. The van der Waals surface area contributed by atoms with Gasteiger partial charge >= 0.3 is 0 Å². The zero-order chi connectivity index (χ0) is 15.9. The molecule has 1 aromatic heterocycles. The van der Waals surface area contributed by atoms with E-state index in [4.69, 9.17) is 13.9 Å². The second-order valence-electron chi connectivity index (χ2n) is 4.72. The number of ether oxygens (including phenoxy) is 2. The zero-order valence-corrected chi connectivity index (χ0v) is 16.5. The number of halogens is 1. The second kappa shape index (κ2) is 16.1. The molecule has 0 aromatic carbocycles. The second-order valence-corrected chi connectivity index (χ2v) is 4.72. The molecule has 0 unspecified atom stereocenters. The maximum atomic E-state index is 5.52. The third kappa shape index (κ3) is 12.3. The molecule has 0 bridgehead atoms. The van der Waals surface area contributed by atoms with E-state index in [9.17, 15) is 0 Å². The summed E-state index contributed by atoms with van der Waals surface area (Å²) in [5.41, 5.74) is 0. The van der Waals surface area contributed by atoms with Crippen LogP contribution in [-0.4, -0.2) is 45.4 Å². The number of rotatable bonds is 12. The predicted octanol–water partition coefficient (Wildman–Crippen LogP) is 2.79. The first-order chi connectivity index (χ1) is 10.9. The predicted molar refractivity (Wildman–Crippen MR) is 103 cm³/mol. The minimum absolute atomic E-state index is 0. The molecule has 6 nitrogen and oxygen atoms in total. The van der Waals surface area contributed by atoms with Crippen molar-refractivity contribution in [3.8, 4) is 0 Å². The van der Waals surface area contributed by atoms with Gasteiger partial charge in [-0.3, -0.25) is 4.99 Å². The van der Waals surface area contributed by atoms with E-state index in [1.165, 1.54) is 0 Å². The first-order valence-corrected chi connectivity index (χ1v) is 8.06. The van der Waals surface area contributed by atoms with E-state index in [1.54, 1.807) is 6.26 Å². The van der Waals surface area contributed by atoms with Gasteiger partial charge in [-0.1, -0.05) is 0 Å². The molecular weight excluding hydrogens is 409 g/mol. The van der Waals surface area contributed by atoms with Crippen molar-refractivity contribution in [1.29, 1.82) is 0 Å². The first kappa shape index (κ1) is 22.2. The third-order valence-corrected chi connectivity index (χ3v) is 2.85. The highest BCUT2D eigenvalue weighted by molar-refractivity contribution is 14.0. The summed E-state index contributed by atoms with van der Waals surface area (Å²) in [6, 6.07) is 3.77. The maximum absolute atomic E-state index is 5.52. The Bertz CT molecular complexity index is 386. The van der Waals surface area contributed by atoms with Crippen LogP contribution in [0.4, 0.5) is 0 Å². The summed E-state index contributed by atoms with van der Waals surface area (Å²) in [6.45, 7) is 9.26. The third-order valence-electron chi connectivity index (χ3n) is 2.85. The lowest BCUT2D eigenvalue weighted by Crippen LogP contribution is -2.38.